The van der Waals surface area contributed by atoms with E-state index in [1.165, 1.54) is 71.3 Å². The summed E-state index contributed by atoms with van der Waals surface area (Å²) in [5.41, 5.74) is 13.6. The number of nitrogens with zero attached hydrogens (tertiary/aromatic N) is 1. The van der Waals surface area contributed by atoms with Gasteiger partial charge in [-0.3, -0.25) is 0 Å². The van der Waals surface area contributed by atoms with Gasteiger partial charge in [-0.25, -0.2) is 0 Å². The molecule has 0 bridgehead atoms. The van der Waals surface area contributed by atoms with E-state index in [0.29, 0.717) is 0 Å². The minimum absolute atomic E-state index is 0.292. The van der Waals surface area contributed by atoms with E-state index in [9.17, 15) is 0 Å². The molecule has 0 N–H and O–H groups in total. The molecule has 0 spiro atoms. The van der Waals surface area contributed by atoms with Crippen molar-refractivity contribution >= 4 is 71.3 Å². The second kappa shape index (κ2) is 12.5. The van der Waals surface area contributed by atoms with Gasteiger partial charge in [0.2, 0.25) is 0 Å². The summed E-state index contributed by atoms with van der Waals surface area (Å²) in [4.78, 5) is 2.36. The molecule has 0 fully saturated rings. The zero-order valence-electron chi connectivity index (χ0n) is 32.0. The van der Waals surface area contributed by atoms with Crippen molar-refractivity contribution in [2.45, 2.75) is 12.3 Å². The SMILES string of the molecule is CC1(c2ccc3c(c2)oc2cc(N(c4ccc(-c5ccccc5)cc4)c4ccc5c6ccccc6c6ccccc6c5c4)ccc23)c2ccccc2-c2ccccc21. The number of hydrogen-bond donors (Lipinski definition) is 0. The van der Waals surface area contributed by atoms with Gasteiger partial charge in [-0.2, -0.15) is 0 Å². The first-order chi connectivity index (χ1) is 28.6. The molecule has 0 amide bonds. The normalized spacial score (nSPS) is 13.1. The number of furan rings is 1. The molecule has 1 aliphatic rings. The first-order valence-electron chi connectivity index (χ1n) is 20.1. The average molecular weight is 740 g/mol. The zero-order valence-corrected chi connectivity index (χ0v) is 32.0. The van der Waals surface area contributed by atoms with E-state index >= 15 is 0 Å². The Morgan fingerprint density at radius 3 is 1.43 bits per heavy atom. The first-order valence-corrected chi connectivity index (χ1v) is 20.1. The van der Waals surface area contributed by atoms with Gasteiger partial charge in [-0.15, -0.1) is 0 Å². The van der Waals surface area contributed by atoms with Crippen molar-refractivity contribution < 1.29 is 4.42 Å². The molecule has 0 aliphatic heterocycles. The molecule has 0 atom stereocenters. The van der Waals surface area contributed by atoms with E-state index < -0.39 is 0 Å². The number of hydrogen-bond acceptors (Lipinski definition) is 2. The van der Waals surface area contributed by atoms with Crippen LogP contribution in [0.1, 0.15) is 23.6 Å². The molecule has 1 aliphatic carbocycles. The minimum Gasteiger partial charge on any atom is -0.456 e. The molecule has 12 rings (SSSR count). The molecule has 1 aromatic heterocycles. The molecule has 0 radical (unpaired) electrons. The summed E-state index contributed by atoms with van der Waals surface area (Å²) in [6.45, 7) is 2.36. The molecule has 2 heteroatoms. The van der Waals surface area contributed by atoms with Crippen molar-refractivity contribution in [3.05, 3.63) is 223 Å². The lowest BCUT2D eigenvalue weighted by Gasteiger charge is -2.28. The molecule has 0 saturated heterocycles. The summed E-state index contributed by atoms with van der Waals surface area (Å²) in [6.07, 6.45) is 0. The Balaban J connectivity index is 1.03. The van der Waals surface area contributed by atoms with Crippen LogP contribution in [0.2, 0.25) is 0 Å². The average Bonchev–Trinajstić information content (AvgIpc) is 3.79. The van der Waals surface area contributed by atoms with Gasteiger partial charge in [0.25, 0.3) is 0 Å². The monoisotopic (exact) mass is 739 g/mol. The van der Waals surface area contributed by atoms with Crippen molar-refractivity contribution in [1.29, 1.82) is 0 Å². The van der Waals surface area contributed by atoms with Gasteiger partial charge < -0.3 is 9.32 Å². The van der Waals surface area contributed by atoms with Gasteiger partial charge in [-0.05, 0) is 121 Å². The van der Waals surface area contributed by atoms with Gasteiger partial charge >= 0.3 is 0 Å². The molecule has 58 heavy (non-hydrogen) atoms. The molecular formula is C56H37NO. The summed E-state index contributed by atoms with van der Waals surface area (Å²) >= 11 is 0. The summed E-state index contributed by atoms with van der Waals surface area (Å²) < 4.78 is 6.86. The summed E-state index contributed by atoms with van der Waals surface area (Å²) in [6, 6.07) is 75.1. The predicted molar refractivity (Wildman–Crippen MR) is 244 cm³/mol. The Kier molecular flexibility index (Phi) is 7.09. The van der Waals surface area contributed by atoms with Crippen LogP contribution in [-0.2, 0) is 5.41 Å². The smallest absolute Gasteiger partial charge is 0.137 e. The van der Waals surface area contributed by atoms with Crippen LogP contribution in [0, 0.1) is 0 Å². The maximum Gasteiger partial charge on any atom is 0.137 e. The Morgan fingerprint density at radius 2 is 0.793 bits per heavy atom. The maximum atomic E-state index is 6.86. The van der Waals surface area contributed by atoms with Crippen LogP contribution < -0.4 is 4.90 Å². The second-order valence-electron chi connectivity index (χ2n) is 15.8. The third-order valence-electron chi connectivity index (χ3n) is 12.7. The van der Waals surface area contributed by atoms with E-state index in [0.717, 1.165) is 39.0 Å². The lowest BCUT2D eigenvalue weighted by atomic mass is 9.74. The highest BCUT2D eigenvalue weighted by Crippen LogP contribution is 2.53. The van der Waals surface area contributed by atoms with E-state index in [1.54, 1.807) is 0 Å². The largest absolute Gasteiger partial charge is 0.456 e. The summed E-state index contributed by atoms with van der Waals surface area (Å²) in [7, 11) is 0. The third-order valence-corrected chi connectivity index (χ3v) is 12.7. The molecule has 2 nitrogen and oxygen atoms in total. The van der Waals surface area contributed by atoms with E-state index in [4.69, 9.17) is 4.42 Å². The highest BCUT2D eigenvalue weighted by molar-refractivity contribution is 6.25. The highest BCUT2D eigenvalue weighted by atomic mass is 16.3. The zero-order chi connectivity index (χ0) is 38.4. The predicted octanol–water partition coefficient (Wildman–Crippen LogP) is 15.5. The van der Waals surface area contributed by atoms with Crippen molar-refractivity contribution in [2.24, 2.45) is 0 Å². The third kappa shape index (κ3) is 4.79. The van der Waals surface area contributed by atoms with Gasteiger partial charge in [0.1, 0.15) is 11.2 Å². The van der Waals surface area contributed by atoms with Crippen LogP contribution in [0.4, 0.5) is 17.1 Å². The first kappa shape index (κ1) is 32.8. The van der Waals surface area contributed by atoms with Crippen molar-refractivity contribution in [2.75, 3.05) is 4.90 Å². The van der Waals surface area contributed by atoms with E-state index in [1.807, 2.05) is 0 Å². The summed E-state index contributed by atoms with van der Waals surface area (Å²) in [5, 5.41) is 9.78. The molecule has 0 saturated carbocycles. The van der Waals surface area contributed by atoms with Crippen molar-refractivity contribution in [3.63, 3.8) is 0 Å². The quantitative estimate of drug-likeness (QED) is 0.163. The summed E-state index contributed by atoms with van der Waals surface area (Å²) in [5.74, 6) is 0. The number of fused-ring (bicyclic) bond motifs is 12. The number of anilines is 3. The van der Waals surface area contributed by atoms with Gasteiger partial charge in [-0.1, -0.05) is 158 Å². The highest BCUT2D eigenvalue weighted by Gasteiger charge is 2.40. The van der Waals surface area contributed by atoms with Crippen LogP contribution in [0.5, 0.6) is 0 Å². The standard InChI is InChI=1S/C56H37NO/c1-56(52-21-11-9-19-47(52)48-20-10-12-22-53(48)56)38-25-30-49-50-32-29-41(35-55(50)58-54(49)33-38)57(39-26-23-37(24-27-39)36-13-3-2-4-14-36)40-28-31-46-44-17-6-5-15-42(44)43-16-7-8-18-45(43)51(46)34-40/h2-35H,1H3. The van der Waals surface area contributed by atoms with Crippen LogP contribution in [0.15, 0.2) is 211 Å². The van der Waals surface area contributed by atoms with E-state index in [-0.39, 0.29) is 5.41 Å². The van der Waals surface area contributed by atoms with Gasteiger partial charge in [0, 0.05) is 39.3 Å². The lowest BCUT2D eigenvalue weighted by molar-refractivity contribution is 0.662. The molecule has 1 heterocycles. The van der Waals surface area contributed by atoms with Crippen molar-refractivity contribution in [1.82, 2.24) is 0 Å². The Labute approximate surface area is 336 Å². The fourth-order valence-electron chi connectivity index (χ4n) is 9.90. The Bertz CT molecular complexity index is 3330. The van der Waals surface area contributed by atoms with Gasteiger partial charge in [0.05, 0.1) is 0 Å². The molecule has 11 aromatic rings. The lowest BCUT2D eigenvalue weighted by Crippen LogP contribution is -2.22. The van der Waals surface area contributed by atoms with Crippen LogP contribution in [0.3, 0.4) is 0 Å². The molecule has 272 valence electrons. The van der Waals surface area contributed by atoms with Crippen LogP contribution in [0.25, 0.3) is 76.5 Å². The number of rotatable bonds is 5. The fraction of sp³-hybridized carbons (Fsp3) is 0.0357. The van der Waals surface area contributed by atoms with Gasteiger partial charge in [0.15, 0.2) is 0 Å². The molecule has 10 aromatic carbocycles. The maximum absolute atomic E-state index is 6.86. The second-order valence-corrected chi connectivity index (χ2v) is 15.8. The van der Waals surface area contributed by atoms with Crippen LogP contribution >= 0.6 is 0 Å². The fourth-order valence-corrected chi connectivity index (χ4v) is 9.90. The Hall–Kier alpha value is -7.42. The number of benzene rings is 10. The Morgan fingerprint density at radius 1 is 0.345 bits per heavy atom. The molecular weight excluding hydrogens is 703 g/mol. The van der Waals surface area contributed by atoms with Crippen LogP contribution in [-0.4, -0.2) is 0 Å². The van der Waals surface area contributed by atoms with E-state index in [2.05, 4.69) is 218 Å². The van der Waals surface area contributed by atoms with Crippen molar-refractivity contribution in [3.8, 4) is 22.3 Å². The minimum atomic E-state index is -0.292. The topological polar surface area (TPSA) is 16.4 Å². The molecule has 0 unspecified atom stereocenters.